The van der Waals surface area contributed by atoms with E-state index in [1.165, 1.54) is 18.9 Å². The Kier molecular flexibility index (Phi) is 4.51. The van der Waals surface area contributed by atoms with Crippen LogP contribution in [0.1, 0.15) is 6.42 Å². The van der Waals surface area contributed by atoms with Crippen molar-refractivity contribution in [3.63, 3.8) is 0 Å². The predicted molar refractivity (Wildman–Crippen MR) is 92.0 cm³/mol. The molecule has 0 bridgehead atoms. The van der Waals surface area contributed by atoms with Crippen molar-refractivity contribution in [2.24, 2.45) is 4.99 Å². The molecule has 0 spiro atoms. The number of carbonyl (C=O) groups excluding carboxylic acids is 1. The number of aliphatic imine (C=N–C) groups is 1. The number of thioether (sulfide) groups is 1. The number of fused-ring (bicyclic) bond motifs is 1. The quantitative estimate of drug-likeness (QED) is 0.793. The summed E-state index contributed by atoms with van der Waals surface area (Å²) in [7, 11) is -1.59. The molecular weight excluding hydrogens is 350 g/mol. The van der Waals surface area contributed by atoms with Gasteiger partial charge in [-0.25, -0.2) is 8.42 Å². The second-order valence-electron chi connectivity index (χ2n) is 5.47. The summed E-state index contributed by atoms with van der Waals surface area (Å²) in [5, 5.41) is 8.88. The van der Waals surface area contributed by atoms with E-state index in [-0.39, 0.29) is 29.2 Å². The van der Waals surface area contributed by atoms with Gasteiger partial charge in [0.15, 0.2) is 15.0 Å². The zero-order valence-corrected chi connectivity index (χ0v) is 14.5. The van der Waals surface area contributed by atoms with Crippen molar-refractivity contribution in [3.05, 3.63) is 24.3 Å². The Bertz CT molecular complexity index is 845. The summed E-state index contributed by atoms with van der Waals surface area (Å²) < 4.78 is 29.3. The second-order valence-corrected chi connectivity index (χ2v) is 8.83. The Morgan fingerprint density at radius 3 is 2.92 bits per heavy atom. The maximum absolute atomic E-state index is 12.0. The molecule has 1 aromatic rings. The molecule has 2 heterocycles. The zero-order valence-electron chi connectivity index (χ0n) is 12.9. The molecule has 0 aliphatic carbocycles. The molecular formula is C15H15N3O4S2. The molecule has 1 aromatic carbocycles. The molecule has 0 aromatic heterocycles. The van der Waals surface area contributed by atoms with Gasteiger partial charge in [-0.1, -0.05) is 23.9 Å². The van der Waals surface area contributed by atoms with Crippen molar-refractivity contribution in [1.29, 1.82) is 5.26 Å². The molecule has 2 aliphatic heterocycles. The third kappa shape index (κ3) is 3.12. The van der Waals surface area contributed by atoms with Crippen molar-refractivity contribution >= 4 is 38.4 Å². The lowest BCUT2D eigenvalue weighted by Gasteiger charge is -2.26. The minimum absolute atomic E-state index is 0.00811. The zero-order chi connectivity index (χ0) is 17.3. The number of carbonyl (C=O) groups is 1. The summed E-state index contributed by atoms with van der Waals surface area (Å²) in [6.45, 7) is 0. The Labute approximate surface area is 144 Å². The van der Waals surface area contributed by atoms with Gasteiger partial charge < -0.3 is 9.64 Å². The minimum atomic E-state index is -3.12. The first kappa shape index (κ1) is 16.8. The molecule has 24 heavy (non-hydrogen) atoms. The molecule has 2 saturated heterocycles. The van der Waals surface area contributed by atoms with E-state index in [0.29, 0.717) is 16.6 Å². The van der Waals surface area contributed by atoms with E-state index in [9.17, 15) is 13.2 Å². The van der Waals surface area contributed by atoms with Crippen molar-refractivity contribution in [3.8, 4) is 11.8 Å². The van der Waals surface area contributed by atoms with Crippen LogP contribution in [-0.4, -0.2) is 49.4 Å². The Morgan fingerprint density at radius 2 is 2.21 bits per heavy atom. The SMILES string of the molecule is COc1ccccc1N1C(=NC(=O)CC#N)S[C@@H]2CS(=O)(=O)C[C@H]21. The van der Waals surface area contributed by atoms with Crippen molar-refractivity contribution < 1.29 is 17.9 Å². The van der Waals surface area contributed by atoms with Crippen LogP contribution < -0.4 is 9.64 Å². The number of hydrogen-bond donors (Lipinski definition) is 0. The number of sulfone groups is 1. The number of methoxy groups -OCH3 is 1. The van der Waals surface area contributed by atoms with E-state index in [1.54, 1.807) is 23.1 Å². The maximum atomic E-state index is 12.0. The van der Waals surface area contributed by atoms with Crippen molar-refractivity contribution in [1.82, 2.24) is 0 Å². The topological polar surface area (TPSA) is 99.8 Å². The number of anilines is 1. The average molecular weight is 365 g/mol. The first-order chi connectivity index (χ1) is 11.4. The molecule has 9 heteroatoms. The molecule has 0 radical (unpaired) electrons. The van der Waals surface area contributed by atoms with E-state index < -0.39 is 15.7 Å². The molecule has 0 saturated carbocycles. The number of hydrogen-bond acceptors (Lipinski definition) is 6. The second kappa shape index (κ2) is 6.45. The van der Waals surface area contributed by atoms with Gasteiger partial charge >= 0.3 is 0 Å². The number of nitrogens with zero attached hydrogens (tertiary/aromatic N) is 3. The number of ether oxygens (including phenoxy) is 1. The number of amides is 1. The van der Waals surface area contributed by atoms with Crippen LogP contribution >= 0.6 is 11.8 Å². The molecule has 3 rings (SSSR count). The first-order valence-corrected chi connectivity index (χ1v) is 9.93. The van der Waals surface area contributed by atoms with Crippen molar-refractivity contribution in [2.45, 2.75) is 17.7 Å². The van der Waals surface area contributed by atoms with Crippen LogP contribution in [-0.2, 0) is 14.6 Å². The summed E-state index contributed by atoms with van der Waals surface area (Å²) in [6.07, 6.45) is -0.308. The lowest BCUT2D eigenvalue weighted by atomic mass is 10.2. The summed E-state index contributed by atoms with van der Waals surface area (Å²) >= 11 is 1.27. The van der Waals surface area contributed by atoms with Gasteiger partial charge in [-0.05, 0) is 12.1 Å². The highest BCUT2D eigenvalue weighted by Gasteiger charge is 2.49. The van der Waals surface area contributed by atoms with Crippen LogP contribution in [0.5, 0.6) is 5.75 Å². The van der Waals surface area contributed by atoms with Gasteiger partial charge in [0.05, 0.1) is 36.4 Å². The van der Waals surface area contributed by atoms with Gasteiger partial charge in [0, 0.05) is 5.25 Å². The van der Waals surface area contributed by atoms with Crippen LogP contribution in [0.4, 0.5) is 5.69 Å². The fourth-order valence-corrected chi connectivity index (χ4v) is 6.81. The highest BCUT2D eigenvalue weighted by Crippen LogP contribution is 2.43. The smallest absolute Gasteiger partial charge is 0.262 e. The molecule has 0 N–H and O–H groups in total. The van der Waals surface area contributed by atoms with Crippen molar-refractivity contribution in [2.75, 3.05) is 23.5 Å². The fourth-order valence-electron chi connectivity index (χ4n) is 2.89. The summed E-state index contributed by atoms with van der Waals surface area (Å²) in [5.74, 6) is 0.0966. The first-order valence-electron chi connectivity index (χ1n) is 7.23. The maximum Gasteiger partial charge on any atom is 0.262 e. The van der Waals surface area contributed by atoms with Crippen LogP contribution in [0.2, 0.25) is 0 Å². The number of amidine groups is 1. The Morgan fingerprint density at radius 1 is 1.46 bits per heavy atom. The van der Waals surface area contributed by atoms with Gasteiger partial charge in [0.25, 0.3) is 5.91 Å². The number of benzene rings is 1. The molecule has 7 nitrogen and oxygen atoms in total. The normalized spacial score (nSPS) is 26.2. The molecule has 1 amide bonds. The van der Waals surface area contributed by atoms with Gasteiger partial charge in [-0.2, -0.15) is 10.3 Å². The van der Waals surface area contributed by atoms with Crippen LogP contribution in [0.15, 0.2) is 29.3 Å². The van der Waals surface area contributed by atoms with Gasteiger partial charge in [0.2, 0.25) is 0 Å². The molecule has 2 aliphatic rings. The summed E-state index contributed by atoms with van der Waals surface area (Å²) in [4.78, 5) is 17.6. The molecule has 0 unspecified atom stereocenters. The third-order valence-electron chi connectivity index (χ3n) is 3.86. The summed E-state index contributed by atoms with van der Waals surface area (Å²) in [5.41, 5.74) is 0.667. The van der Waals surface area contributed by atoms with Gasteiger partial charge in [-0.3, -0.25) is 4.79 Å². The molecule has 2 atom stereocenters. The molecule has 2 fully saturated rings. The average Bonchev–Trinajstić information content (AvgIpc) is 2.98. The van der Waals surface area contributed by atoms with E-state index in [1.807, 2.05) is 12.1 Å². The van der Waals surface area contributed by atoms with Crippen LogP contribution in [0, 0.1) is 11.3 Å². The third-order valence-corrected chi connectivity index (χ3v) is 7.07. The Hall–Kier alpha value is -2.05. The van der Waals surface area contributed by atoms with E-state index >= 15 is 0 Å². The standard InChI is InChI=1S/C15H15N3O4S2/c1-22-12-5-3-2-4-10(12)18-11-8-24(20,21)9-13(11)23-15(18)17-14(19)6-7-16/h2-5,11,13H,6,8-9H2,1H3/t11-,13-/m1/s1. The van der Waals surface area contributed by atoms with Crippen LogP contribution in [0.25, 0.3) is 0 Å². The monoisotopic (exact) mass is 365 g/mol. The highest BCUT2D eigenvalue weighted by atomic mass is 32.2. The number of nitriles is 1. The fraction of sp³-hybridized carbons (Fsp3) is 0.400. The van der Waals surface area contributed by atoms with E-state index in [4.69, 9.17) is 10.00 Å². The van der Waals surface area contributed by atoms with E-state index in [2.05, 4.69) is 4.99 Å². The lowest BCUT2D eigenvalue weighted by molar-refractivity contribution is -0.116. The largest absolute Gasteiger partial charge is 0.495 e. The number of rotatable bonds is 3. The lowest BCUT2D eigenvalue weighted by Crippen LogP contribution is -2.38. The predicted octanol–water partition coefficient (Wildman–Crippen LogP) is 1.21. The van der Waals surface area contributed by atoms with Gasteiger partial charge in [0.1, 0.15) is 12.2 Å². The minimum Gasteiger partial charge on any atom is -0.495 e. The molecule has 126 valence electrons. The number of para-hydroxylation sites is 2. The van der Waals surface area contributed by atoms with E-state index in [0.717, 1.165) is 0 Å². The van der Waals surface area contributed by atoms with Crippen LogP contribution in [0.3, 0.4) is 0 Å². The summed E-state index contributed by atoms with van der Waals surface area (Å²) in [6, 6.07) is 8.67. The van der Waals surface area contributed by atoms with Gasteiger partial charge in [-0.15, -0.1) is 0 Å². The highest BCUT2D eigenvalue weighted by molar-refractivity contribution is 8.16. The Balaban J connectivity index is 2.05.